The van der Waals surface area contributed by atoms with Crippen LogP contribution in [0.15, 0.2) is 36.4 Å². The van der Waals surface area contributed by atoms with Crippen LogP contribution in [0.4, 0.5) is 13.2 Å². The number of aromatic amines is 1. The van der Waals surface area contributed by atoms with E-state index in [0.29, 0.717) is 36.2 Å². The van der Waals surface area contributed by atoms with E-state index in [1.807, 2.05) is 6.92 Å². The predicted molar refractivity (Wildman–Crippen MR) is 91.0 cm³/mol. The Morgan fingerprint density at radius 1 is 1.22 bits per heavy atom. The van der Waals surface area contributed by atoms with E-state index in [-0.39, 0.29) is 11.6 Å². The Bertz CT molecular complexity index is 1020. The van der Waals surface area contributed by atoms with Crippen molar-refractivity contribution in [3.05, 3.63) is 53.2 Å². The molecule has 6 nitrogen and oxygen atoms in total. The average molecular weight is 375 g/mol. The fourth-order valence-corrected chi connectivity index (χ4v) is 3.46. The van der Waals surface area contributed by atoms with Crippen molar-refractivity contribution in [3.63, 3.8) is 0 Å². The molecule has 0 saturated carbocycles. The summed E-state index contributed by atoms with van der Waals surface area (Å²) in [5, 5.41) is 10.2. The molecule has 1 atom stereocenters. The highest BCUT2D eigenvalue weighted by Crippen LogP contribution is 2.38. The van der Waals surface area contributed by atoms with Crippen molar-refractivity contribution in [1.82, 2.24) is 25.3 Å². The fraction of sp³-hybridized carbons (Fsp3) is 0.333. The van der Waals surface area contributed by atoms with Gasteiger partial charge in [0, 0.05) is 18.5 Å². The lowest BCUT2D eigenvalue weighted by atomic mass is 9.81. The second kappa shape index (κ2) is 6.04. The van der Waals surface area contributed by atoms with Crippen molar-refractivity contribution < 1.29 is 18.0 Å². The van der Waals surface area contributed by atoms with Crippen LogP contribution in [0, 0.1) is 0 Å². The molecule has 0 aliphatic carbocycles. The number of carbonyl (C=O) groups excluding carboxylic acids is 1. The van der Waals surface area contributed by atoms with Crippen molar-refractivity contribution >= 4 is 17.1 Å². The number of aromatic nitrogens is 4. The molecule has 27 heavy (non-hydrogen) atoms. The van der Waals surface area contributed by atoms with Crippen LogP contribution in [0.2, 0.25) is 0 Å². The summed E-state index contributed by atoms with van der Waals surface area (Å²) in [6.45, 7) is 2.65. The van der Waals surface area contributed by atoms with Crippen LogP contribution < -0.4 is 0 Å². The number of nitrogens with zero attached hydrogens (tertiary/aromatic N) is 4. The van der Waals surface area contributed by atoms with E-state index in [2.05, 4.69) is 20.4 Å². The van der Waals surface area contributed by atoms with Crippen LogP contribution in [0.25, 0.3) is 11.2 Å². The van der Waals surface area contributed by atoms with Gasteiger partial charge in [-0.2, -0.15) is 23.5 Å². The first-order chi connectivity index (χ1) is 12.8. The first kappa shape index (κ1) is 17.4. The number of benzene rings is 1. The zero-order valence-corrected chi connectivity index (χ0v) is 14.4. The normalized spacial score (nSPS) is 20.4. The minimum absolute atomic E-state index is 0.240. The van der Waals surface area contributed by atoms with E-state index >= 15 is 0 Å². The molecule has 3 heterocycles. The Morgan fingerprint density at radius 3 is 2.81 bits per heavy atom. The standard InChI is InChI=1S/C18H16F3N5O/c1-17(11-3-2-4-12(9-11)18(19,20)21)7-8-26(10-17)16(27)14-6-5-13-15(22-14)24-25-23-13/h2-6,9H,7-8,10H2,1H3,(H,22,23,24,25)/t17-/m0/s1. The number of amides is 1. The molecular weight excluding hydrogens is 359 g/mol. The lowest BCUT2D eigenvalue weighted by Crippen LogP contribution is -2.33. The Morgan fingerprint density at radius 2 is 2.04 bits per heavy atom. The molecule has 1 aliphatic heterocycles. The van der Waals surface area contributed by atoms with E-state index in [0.717, 1.165) is 6.07 Å². The van der Waals surface area contributed by atoms with Gasteiger partial charge in [0.2, 0.25) is 5.65 Å². The van der Waals surface area contributed by atoms with E-state index in [1.165, 1.54) is 12.1 Å². The SMILES string of the molecule is C[C@]1(c2cccc(C(F)(F)F)c2)CCN(C(=O)c2ccc3n[nH]nc3n2)C1. The van der Waals surface area contributed by atoms with E-state index in [9.17, 15) is 18.0 Å². The number of pyridine rings is 1. The lowest BCUT2D eigenvalue weighted by Gasteiger charge is -2.26. The summed E-state index contributed by atoms with van der Waals surface area (Å²) in [5.41, 5.74) is 0.499. The summed E-state index contributed by atoms with van der Waals surface area (Å²) in [6, 6.07) is 8.56. The van der Waals surface area contributed by atoms with Crippen LogP contribution in [0.5, 0.6) is 0 Å². The number of hydrogen-bond acceptors (Lipinski definition) is 4. The van der Waals surface area contributed by atoms with Gasteiger partial charge in [-0.05, 0) is 30.2 Å². The van der Waals surface area contributed by atoms with Gasteiger partial charge in [0.25, 0.3) is 5.91 Å². The van der Waals surface area contributed by atoms with Crippen LogP contribution >= 0.6 is 0 Å². The molecule has 140 valence electrons. The minimum Gasteiger partial charge on any atom is -0.336 e. The molecule has 1 fully saturated rings. The molecule has 0 radical (unpaired) electrons. The predicted octanol–water partition coefficient (Wildman–Crippen LogP) is 3.18. The molecule has 0 bridgehead atoms. The maximum atomic E-state index is 13.0. The van der Waals surface area contributed by atoms with Crippen LogP contribution in [0.3, 0.4) is 0 Å². The minimum atomic E-state index is -4.39. The first-order valence-corrected chi connectivity index (χ1v) is 8.41. The average Bonchev–Trinajstić information content (AvgIpc) is 3.27. The number of H-pyrrole nitrogens is 1. The highest BCUT2D eigenvalue weighted by Gasteiger charge is 2.39. The van der Waals surface area contributed by atoms with E-state index in [4.69, 9.17) is 0 Å². The molecule has 1 aliphatic rings. The van der Waals surface area contributed by atoms with Gasteiger partial charge in [0.05, 0.1) is 5.56 Å². The van der Waals surface area contributed by atoms with E-state index < -0.39 is 17.2 Å². The largest absolute Gasteiger partial charge is 0.416 e. The van der Waals surface area contributed by atoms with Gasteiger partial charge in [-0.1, -0.05) is 25.1 Å². The number of halogens is 3. The van der Waals surface area contributed by atoms with Crippen LogP contribution in [-0.4, -0.2) is 44.3 Å². The number of fused-ring (bicyclic) bond motifs is 1. The molecule has 3 aromatic rings. The number of nitrogens with one attached hydrogen (secondary N) is 1. The van der Waals surface area contributed by atoms with Gasteiger partial charge < -0.3 is 4.90 Å². The van der Waals surface area contributed by atoms with E-state index in [1.54, 1.807) is 23.1 Å². The van der Waals surface area contributed by atoms with Crippen LogP contribution in [-0.2, 0) is 11.6 Å². The number of likely N-dealkylation sites (tertiary alicyclic amines) is 1. The first-order valence-electron chi connectivity index (χ1n) is 8.41. The van der Waals surface area contributed by atoms with Crippen molar-refractivity contribution in [1.29, 1.82) is 0 Å². The Balaban J connectivity index is 1.57. The molecule has 1 saturated heterocycles. The highest BCUT2D eigenvalue weighted by atomic mass is 19.4. The quantitative estimate of drug-likeness (QED) is 0.747. The third kappa shape index (κ3) is 3.13. The van der Waals surface area contributed by atoms with Gasteiger partial charge >= 0.3 is 6.18 Å². The van der Waals surface area contributed by atoms with Crippen LogP contribution in [0.1, 0.15) is 35.0 Å². The Hall–Kier alpha value is -2.97. The van der Waals surface area contributed by atoms with Gasteiger partial charge in [-0.15, -0.1) is 5.10 Å². The smallest absolute Gasteiger partial charge is 0.336 e. The summed E-state index contributed by atoms with van der Waals surface area (Å²) in [7, 11) is 0. The van der Waals surface area contributed by atoms with Gasteiger partial charge in [0.15, 0.2) is 0 Å². The lowest BCUT2D eigenvalue weighted by molar-refractivity contribution is -0.137. The zero-order chi connectivity index (χ0) is 19.2. The monoisotopic (exact) mass is 375 g/mol. The maximum absolute atomic E-state index is 13.0. The topological polar surface area (TPSA) is 74.8 Å². The molecule has 1 aromatic carbocycles. The molecular formula is C18H16F3N5O. The molecule has 2 aromatic heterocycles. The molecule has 0 spiro atoms. The Kier molecular flexibility index (Phi) is 3.90. The third-order valence-corrected chi connectivity index (χ3v) is 5.05. The molecule has 1 amide bonds. The second-order valence-corrected chi connectivity index (χ2v) is 6.98. The summed E-state index contributed by atoms with van der Waals surface area (Å²) < 4.78 is 39.1. The van der Waals surface area contributed by atoms with Crippen molar-refractivity contribution in [2.24, 2.45) is 0 Å². The summed E-state index contributed by atoms with van der Waals surface area (Å²) >= 11 is 0. The number of alkyl halides is 3. The number of hydrogen-bond donors (Lipinski definition) is 1. The van der Waals surface area contributed by atoms with Crippen molar-refractivity contribution in [2.75, 3.05) is 13.1 Å². The van der Waals surface area contributed by atoms with Gasteiger partial charge in [0.1, 0.15) is 11.2 Å². The molecule has 1 N–H and O–H groups in total. The third-order valence-electron chi connectivity index (χ3n) is 5.05. The summed E-state index contributed by atoms with van der Waals surface area (Å²) in [4.78, 5) is 18.6. The summed E-state index contributed by atoms with van der Waals surface area (Å²) in [5.74, 6) is -0.268. The van der Waals surface area contributed by atoms with Crippen molar-refractivity contribution in [3.8, 4) is 0 Å². The fourth-order valence-electron chi connectivity index (χ4n) is 3.46. The number of carbonyl (C=O) groups is 1. The highest BCUT2D eigenvalue weighted by molar-refractivity contribution is 5.94. The maximum Gasteiger partial charge on any atom is 0.416 e. The van der Waals surface area contributed by atoms with Gasteiger partial charge in [-0.25, -0.2) is 4.98 Å². The zero-order valence-electron chi connectivity index (χ0n) is 14.4. The molecule has 0 unspecified atom stereocenters. The summed E-state index contributed by atoms with van der Waals surface area (Å²) in [6.07, 6.45) is -3.82. The number of rotatable bonds is 2. The molecule has 4 rings (SSSR count). The second-order valence-electron chi connectivity index (χ2n) is 6.98. The molecule has 9 heteroatoms. The van der Waals surface area contributed by atoms with Gasteiger partial charge in [-0.3, -0.25) is 4.79 Å². The van der Waals surface area contributed by atoms with Crippen molar-refractivity contribution in [2.45, 2.75) is 24.9 Å². The Labute approximate surface area is 152 Å².